The van der Waals surface area contributed by atoms with E-state index in [0.29, 0.717) is 24.2 Å². The Labute approximate surface area is 177 Å². The molecule has 3 aliphatic heterocycles. The minimum absolute atomic E-state index is 0. The molecule has 154 valence electrons. The van der Waals surface area contributed by atoms with Gasteiger partial charge in [0.25, 0.3) is 0 Å². The van der Waals surface area contributed by atoms with Gasteiger partial charge in [0.2, 0.25) is 0 Å². The van der Waals surface area contributed by atoms with Crippen molar-refractivity contribution >= 4 is 18.6 Å². The summed E-state index contributed by atoms with van der Waals surface area (Å²) in [5.74, 6) is -0.954. The van der Waals surface area contributed by atoms with Gasteiger partial charge in [-0.05, 0) is 0 Å². The average molecular weight is 564 g/mol. The molecule has 3 fully saturated rings. The van der Waals surface area contributed by atoms with Gasteiger partial charge in [-0.3, -0.25) is 4.79 Å². The fourth-order valence-electron chi connectivity index (χ4n) is 3.84. The van der Waals surface area contributed by atoms with Crippen LogP contribution < -0.4 is 5.73 Å². The number of carboxylic acid groups (broad SMARTS) is 1. The van der Waals surface area contributed by atoms with Crippen LogP contribution in [-0.2, 0) is 38.5 Å². The minimum Gasteiger partial charge on any atom is -0.791 e. The Balaban J connectivity index is 0.000000366. The molecule has 6 nitrogen and oxygen atoms in total. The van der Waals surface area contributed by atoms with Gasteiger partial charge < -0.3 is 39.4 Å². The van der Waals surface area contributed by atoms with Crippen LogP contribution in [0.2, 0.25) is 0 Å². The van der Waals surface area contributed by atoms with E-state index in [1.807, 2.05) is 0 Å². The summed E-state index contributed by atoms with van der Waals surface area (Å²) in [6, 6.07) is 1.28. The van der Waals surface area contributed by atoms with E-state index in [4.69, 9.17) is 26.8 Å². The van der Waals surface area contributed by atoms with Crippen molar-refractivity contribution in [1.29, 1.82) is 0 Å². The second-order valence-electron chi connectivity index (χ2n) is 7.26. The van der Waals surface area contributed by atoms with Crippen LogP contribution in [0.4, 0.5) is 0 Å². The fourth-order valence-corrected chi connectivity index (χ4v) is 3.98. The molecule has 3 rings (SSSR count). The predicted octanol–water partition coefficient (Wildman–Crippen LogP) is 3.08. The molecule has 0 amide bonds. The maximum absolute atomic E-state index is 9.74. The normalized spacial score (nSPS) is 33.2. The van der Waals surface area contributed by atoms with Gasteiger partial charge in [-0.15, -0.1) is 13.1 Å². The maximum Gasteiger partial charge on any atom is 2.00 e. The van der Waals surface area contributed by atoms with Crippen molar-refractivity contribution < 1.29 is 31.0 Å². The molecule has 26 heavy (non-hydrogen) atoms. The number of piperidine rings is 3. The van der Waals surface area contributed by atoms with Crippen molar-refractivity contribution in [2.45, 2.75) is 88.0 Å². The summed E-state index contributed by atoms with van der Waals surface area (Å²) in [7, 11) is 0. The molecule has 0 radical (unpaired) electrons. The monoisotopic (exact) mass is 563 g/mol. The smallest absolute Gasteiger partial charge is 0.791 e. The summed E-state index contributed by atoms with van der Waals surface area (Å²) < 4.78 is 0. The summed E-state index contributed by atoms with van der Waals surface area (Å²) >= 11 is 4.35. The first-order valence-electron chi connectivity index (χ1n) is 9.71. The van der Waals surface area contributed by atoms with Crippen molar-refractivity contribution in [3.63, 3.8) is 0 Å². The fraction of sp³-hybridized carbons (Fsp3) is 0.944. The van der Waals surface area contributed by atoms with E-state index in [-0.39, 0.29) is 26.8 Å². The van der Waals surface area contributed by atoms with Gasteiger partial charge >= 0.3 is 27.0 Å². The minimum atomic E-state index is -1.03. The molecule has 0 saturated carbocycles. The van der Waals surface area contributed by atoms with Crippen LogP contribution in [0, 0.1) is 0 Å². The zero-order chi connectivity index (χ0) is 18.1. The molecule has 0 aliphatic carbocycles. The van der Waals surface area contributed by atoms with Gasteiger partial charge in [0.1, 0.15) is 0 Å². The van der Waals surface area contributed by atoms with Crippen LogP contribution in [0.1, 0.15) is 57.8 Å². The van der Waals surface area contributed by atoms with Crippen LogP contribution in [0.25, 0.3) is 16.0 Å². The Kier molecular flexibility index (Phi) is 12.7. The number of nitrogens with two attached hydrogens (primary N) is 1. The van der Waals surface area contributed by atoms with E-state index in [0.717, 1.165) is 13.1 Å². The standard InChI is InChI=1S/C15H26N3.C3H7NO2S.Pt/c1-3-10-16-12(6-1)14-8-5-9-15(18-14)13-7-2-4-11-17-13;4-2(1-7)3(5)6;/h12-15H,1-11H2;2,7H,1,4H2,(H,5,6);/q-3;;+2/p-1. The number of carbonyl (C=O) groups is 1. The van der Waals surface area contributed by atoms with Gasteiger partial charge in [-0.2, -0.15) is 29.9 Å². The van der Waals surface area contributed by atoms with Gasteiger partial charge in [-0.25, -0.2) is 0 Å². The van der Waals surface area contributed by atoms with Crippen LogP contribution in [0.3, 0.4) is 0 Å². The molecule has 3 heterocycles. The largest absolute Gasteiger partial charge is 2.00 e. The first-order chi connectivity index (χ1) is 12.1. The molecular weight excluding hydrogens is 531 g/mol. The summed E-state index contributed by atoms with van der Waals surface area (Å²) in [5.41, 5.74) is 4.91. The first-order valence-corrected chi connectivity index (χ1v) is 10.3. The molecule has 0 aromatic rings. The SMILES string of the molecule is C1CCC(C2CCCC(C3CCCC[N-]3)[N-]2)[N-]C1.NC(C[S-])C(=O)O.[Pt+2]. The Morgan fingerprint density at radius 3 is 1.69 bits per heavy atom. The quantitative estimate of drug-likeness (QED) is 0.513. The Hall–Kier alpha value is 0.348. The molecule has 0 aromatic heterocycles. The molecule has 3 saturated heterocycles. The molecule has 0 aromatic carbocycles. The van der Waals surface area contributed by atoms with E-state index >= 15 is 0 Å². The molecule has 3 aliphatic rings. The van der Waals surface area contributed by atoms with Crippen molar-refractivity contribution in [2.75, 3.05) is 18.8 Å². The zero-order valence-corrected chi connectivity index (χ0v) is 18.5. The topological polar surface area (TPSA) is 106 Å². The number of hydrogen-bond acceptors (Lipinski definition) is 3. The van der Waals surface area contributed by atoms with Gasteiger partial charge in [-0.1, -0.05) is 57.8 Å². The molecule has 8 heteroatoms. The molecule has 5 unspecified atom stereocenters. The van der Waals surface area contributed by atoms with Gasteiger partial charge in [0, 0.05) is 0 Å². The van der Waals surface area contributed by atoms with Crippen molar-refractivity contribution in [3.05, 3.63) is 16.0 Å². The summed E-state index contributed by atoms with van der Waals surface area (Å²) in [5, 5.41) is 22.7. The molecule has 3 N–H and O–H groups in total. The van der Waals surface area contributed by atoms with Crippen molar-refractivity contribution in [3.8, 4) is 0 Å². The Morgan fingerprint density at radius 1 is 0.923 bits per heavy atom. The number of carboxylic acids is 1. The molecule has 0 bridgehead atoms. The Bertz CT molecular complexity index is 369. The number of rotatable bonds is 4. The van der Waals surface area contributed by atoms with Crippen molar-refractivity contribution in [1.82, 2.24) is 0 Å². The maximum atomic E-state index is 9.74. The van der Waals surface area contributed by atoms with Crippen LogP contribution >= 0.6 is 0 Å². The Morgan fingerprint density at radius 2 is 1.38 bits per heavy atom. The number of nitrogens with zero attached hydrogens (tertiary/aromatic N) is 3. The average Bonchev–Trinajstić information content (AvgIpc) is 2.69. The van der Waals surface area contributed by atoms with Crippen LogP contribution in [-0.4, -0.2) is 60.1 Å². The molecule has 0 spiro atoms. The first kappa shape index (κ1) is 24.4. The van der Waals surface area contributed by atoms with Crippen LogP contribution in [0.15, 0.2) is 0 Å². The van der Waals surface area contributed by atoms with Crippen LogP contribution in [0.5, 0.6) is 0 Å². The third-order valence-electron chi connectivity index (χ3n) is 5.31. The number of hydrogen-bond donors (Lipinski definition) is 2. The van der Waals surface area contributed by atoms with E-state index in [1.54, 1.807) is 0 Å². The summed E-state index contributed by atoms with van der Waals surface area (Å²) in [6.07, 6.45) is 11.8. The van der Waals surface area contributed by atoms with E-state index in [9.17, 15) is 4.79 Å². The third kappa shape index (κ3) is 8.15. The number of aliphatic carboxylic acids is 1. The molecule has 5 atom stereocenters. The third-order valence-corrected chi connectivity index (χ3v) is 5.67. The van der Waals surface area contributed by atoms with Gasteiger partial charge in [0.15, 0.2) is 0 Å². The summed E-state index contributed by atoms with van der Waals surface area (Å²) in [6.45, 7) is 2.16. The molecular formula is C18H32N4O2PtS-2. The van der Waals surface area contributed by atoms with Crippen molar-refractivity contribution in [2.24, 2.45) is 5.73 Å². The predicted molar refractivity (Wildman–Crippen MR) is 104 cm³/mol. The van der Waals surface area contributed by atoms with E-state index in [2.05, 4.69) is 12.6 Å². The zero-order valence-electron chi connectivity index (χ0n) is 15.4. The van der Waals surface area contributed by atoms with E-state index in [1.165, 1.54) is 57.8 Å². The summed E-state index contributed by atoms with van der Waals surface area (Å²) in [4.78, 5) is 9.74. The second-order valence-corrected chi connectivity index (χ2v) is 7.60. The van der Waals surface area contributed by atoms with Gasteiger partial charge in [0.05, 0.1) is 6.04 Å². The van der Waals surface area contributed by atoms with E-state index < -0.39 is 12.0 Å². The second kappa shape index (κ2) is 13.5.